The Labute approximate surface area is 192 Å². The zero-order valence-corrected chi connectivity index (χ0v) is 18.9. The second-order valence-corrected chi connectivity index (χ2v) is 6.64. The summed E-state index contributed by atoms with van der Waals surface area (Å²) in [7, 11) is 0. The monoisotopic (exact) mass is 469 g/mol. The summed E-state index contributed by atoms with van der Waals surface area (Å²) in [6.45, 7) is 2.80. The average Bonchev–Trinajstić information content (AvgIpc) is 3.01. The van der Waals surface area contributed by atoms with Crippen LogP contribution in [0.1, 0.15) is 11.3 Å². The van der Waals surface area contributed by atoms with E-state index in [9.17, 15) is 0 Å². The van der Waals surface area contributed by atoms with Crippen LogP contribution in [-0.2, 0) is 12.8 Å². The van der Waals surface area contributed by atoms with Gasteiger partial charge in [0.05, 0.1) is 0 Å². The average molecular weight is 471 g/mol. The number of nitrogens with zero attached hydrogens (tertiary/aromatic N) is 1. The number of nitrogen functional groups attached to an aromatic ring is 1. The third-order valence-electron chi connectivity index (χ3n) is 4.62. The molecule has 1 aliphatic rings. The summed E-state index contributed by atoms with van der Waals surface area (Å²) in [5.41, 5.74) is 14.4. The van der Waals surface area contributed by atoms with Crippen LogP contribution >= 0.6 is 49.6 Å². The van der Waals surface area contributed by atoms with Crippen molar-refractivity contribution >= 4 is 55.4 Å². The number of nitrogens with one attached hydrogen (secondary N) is 2. The van der Waals surface area contributed by atoms with Crippen molar-refractivity contribution in [1.29, 1.82) is 0 Å². The number of anilines is 1. The van der Waals surface area contributed by atoms with Crippen LogP contribution in [0.4, 0.5) is 5.82 Å². The van der Waals surface area contributed by atoms with Crippen LogP contribution in [0.3, 0.4) is 0 Å². The van der Waals surface area contributed by atoms with Crippen LogP contribution in [0.5, 0.6) is 0 Å². The molecule has 1 aromatic carbocycles. The molecule has 9 heteroatoms. The van der Waals surface area contributed by atoms with Gasteiger partial charge in [-0.05, 0) is 43.0 Å². The molecule has 5 nitrogen and oxygen atoms in total. The van der Waals surface area contributed by atoms with Crippen molar-refractivity contribution < 1.29 is 0 Å². The summed E-state index contributed by atoms with van der Waals surface area (Å²) in [5, 5.41) is 7.11. The third kappa shape index (κ3) is 9.14. The first kappa shape index (κ1) is 29.4. The lowest BCUT2D eigenvalue weighted by Crippen LogP contribution is -2.44. The molecule has 1 aromatic heterocycles. The highest BCUT2D eigenvalue weighted by Gasteiger charge is 2.27. The molecule has 6 N–H and O–H groups in total. The van der Waals surface area contributed by atoms with Gasteiger partial charge in [-0.2, -0.15) is 0 Å². The number of nitrogens with two attached hydrogens (primary N) is 2. The molecule has 1 saturated heterocycles. The lowest BCUT2D eigenvalue weighted by molar-refractivity contribution is 0.406. The quantitative estimate of drug-likeness (QED) is 0.499. The highest BCUT2D eigenvalue weighted by Crippen LogP contribution is 2.16. The van der Waals surface area contributed by atoms with Crippen molar-refractivity contribution in [1.82, 2.24) is 15.6 Å². The normalized spacial score (nSPS) is 18.6. The first-order chi connectivity index (χ1) is 11.7. The van der Waals surface area contributed by atoms with Gasteiger partial charge in [0.25, 0.3) is 0 Å². The van der Waals surface area contributed by atoms with Crippen LogP contribution < -0.4 is 22.1 Å². The van der Waals surface area contributed by atoms with Crippen LogP contribution in [0.25, 0.3) is 0 Å². The summed E-state index contributed by atoms with van der Waals surface area (Å²) >= 11 is 0. The second kappa shape index (κ2) is 15.1. The van der Waals surface area contributed by atoms with Crippen molar-refractivity contribution in [3.8, 4) is 0 Å². The maximum Gasteiger partial charge on any atom is 0.123 e. The zero-order chi connectivity index (χ0) is 16.8. The molecule has 3 rings (SSSR count). The standard InChI is InChI=1S/C19H27N5.4ClH/c20-16(9-14-5-2-1-3-6-14)12-23-18-13-22-11-15(18)10-17-7-4-8-19(21)24-17;;;;/h1-8,15-16,18,22-23H,9-13,20H2,(H2,21,24);4*1H/t15?,16-,18?;;;;/m0..../s1. The van der Waals surface area contributed by atoms with Crippen molar-refractivity contribution in [2.45, 2.75) is 24.9 Å². The van der Waals surface area contributed by atoms with E-state index in [1.165, 1.54) is 5.56 Å². The minimum Gasteiger partial charge on any atom is -0.384 e. The van der Waals surface area contributed by atoms with Gasteiger partial charge in [0.2, 0.25) is 0 Å². The number of hydrogen-bond donors (Lipinski definition) is 4. The Balaban J connectivity index is 0. The van der Waals surface area contributed by atoms with Gasteiger partial charge < -0.3 is 22.1 Å². The fraction of sp³-hybridized carbons (Fsp3) is 0.421. The smallest absolute Gasteiger partial charge is 0.123 e. The summed E-state index contributed by atoms with van der Waals surface area (Å²) < 4.78 is 0. The summed E-state index contributed by atoms with van der Waals surface area (Å²) in [6.07, 6.45) is 1.83. The van der Waals surface area contributed by atoms with Gasteiger partial charge in [0, 0.05) is 30.9 Å². The number of rotatable bonds is 7. The van der Waals surface area contributed by atoms with E-state index >= 15 is 0 Å². The molecular weight excluding hydrogens is 440 g/mol. The van der Waals surface area contributed by atoms with Gasteiger partial charge in [-0.1, -0.05) is 36.4 Å². The summed E-state index contributed by atoms with van der Waals surface area (Å²) in [6, 6.07) is 16.8. The van der Waals surface area contributed by atoms with Crippen LogP contribution in [0.15, 0.2) is 48.5 Å². The highest BCUT2D eigenvalue weighted by molar-refractivity contribution is 5.86. The van der Waals surface area contributed by atoms with E-state index in [1.54, 1.807) is 0 Å². The zero-order valence-electron chi connectivity index (χ0n) is 15.6. The van der Waals surface area contributed by atoms with E-state index in [1.807, 2.05) is 24.3 Å². The Kier molecular flexibility index (Phi) is 15.9. The van der Waals surface area contributed by atoms with Crippen LogP contribution in [0, 0.1) is 5.92 Å². The van der Waals surface area contributed by atoms with Crippen molar-refractivity contribution in [3.05, 3.63) is 59.8 Å². The topological polar surface area (TPSA) is 89.0 Å². The first-order valence-electron chi connectivity index (χ1n) is 8.65. The molecule has 28 heavy (non-hydrogen) atoms. The number of hydrogen-bond acceptors (Lipinski definition) is 5. The molecule has 0 spiro atoms. The fourth-order valence-corrected chi connectivity index (χ4v) is 3.36. The van der Waals surface area contributed by atoms with E-state index < -0.39 is 0 Å². The van der Waals surface area contributed by atoms with E-state index in [0.29, 0.717) is 17.8 Å². The van der Waals surface area contributed by atoms with Gasteiger partial charge >= 0.3 is 0 Å². The molecule has 0 saturated carbocycles. The number of halogens is 4. The lowest BCUT2D eigenvalue weighted by Gasteiger charge is -2.22. The molecular formula is C19H31Cl4N5. The second-order valence-electron chi connectivity index (χ2n) is 6.64. The number of pyridine rings is 1. The van der Waals surface area contributed by atoms with Gasteiger partial charge in [-0.3, -0.25) is 0 Å². The molecule has 2 aromatic rings. The Morgan fingerprint density at radius 3 is 2.39 bits per heavy atom. The predicted molar refractivity (Wildman–Crippen MR) is 128 cm³/mol. The maximum atomic E-state index is 6.29. The van der Waals surface area contributed by atoms with Crippen molar-refractivity contribution in [2.75, 3.05) is 25.4 Å². The fourth-order valence-electron chi connectivity index (χ4n) is 3.36. The van der Waals surface area contributed by atoms with Crippen molar-refractivity contribution in [2.24, 2.45) is 11.7 Å². The molecule has 160 valence electrons. The Hall–Kier alpha value is -0.790. The molecule has 3 atom stereocenters. The van der Waals surface area contributed by atoms with E-state index in [-0.39, 0.29) is 55.7 Å². The molecule has 1 aliphatic heterocycles. The van der Waals surface area contributed by atoms with Crippen LogP contribution in [-0.4, -0.2) is 36.7 Å². The predicted octanol–water partition coefficient (Wildman–Crippen LogP) is 2.64. The molecule has 0 bridgehead atoms. The molecule has 1 fully saturated rings. The van der Waals surface area contributed by atoms with Crippen molar-refractivity contribution in [3.63, 3.8) is 0 Å². The Bertz CT molecular complexity index is 647. The minimum atomic E-state index is 0. The van der Waals surface area contributed by atoms with E-state index in [4.69, 9.17) is 11.5 Å². The third-order valence-corrected chi connectivity index (χ3v) is 4.62. The lowest BCUT2D eigenvalue weighted by atomic mass is 9.97. The van der Waals surface area contributed by atoms with Gasteiger partial charge in [-0.25, -0.2) is 4.98 Å². The Morgan fingerprint density at radius 2 is 1.71 bits per heavy atom. The van der Waals surface area contributed by atoms with Gasteiger partial charge in [-0.15, -0.1) is 49.6 Å². The minimum absolute atomic E-state index is 0. The van der Waals surface area contributed by atoms with Gasteiger partial charge in [0.15, 0.2) is 0 Å². The van der Waals surface area contributed by atoms with Gasteiger partial charge in [0.1, 0.15) is 5.82 Å². The SMILES string of the molecule is Cl.Cl.Cl.Cl.Nc1cccc(CC2CNCC2NC[C@@H](N)Cc2ccccc2)n1. The van der Waals surface area contributed by atoms with E-state index in [0.717, 1.165) is 38.2 Å². The largest absolute Gasteiger partial charge is 0.384 e. The first-order valence-corrected chi connectivity index (χ1v) is 8.65. The number of aromatic nitrogens is 1. The highest BCUT2D eigenvalue weighted by atomic mass is 35.5. The molecule has 0 radical (unpaired) electrons. The molecule has 0 aliphatic carbocycles. The van der Waals surface area contributed by atoms with Crippen LogP contribution in [0.2, 0.25) is 0 Å². The molecule has 2 unspecified atom stereocenters. The van der Waals surface area contributed by atoms with E-state index in [2.05, 4.69) is 39.9 Å². The molecule has 2 heterocycles. The number of benzene rings is 1. The summed E-state index contributed by atoms with van der Waals surface area (Å²) in [5.74, 6) is 1.11. The molecule has 0 amide bonds. The maximum absolute atomic E-state index is 6.29. The Morgan fingerprint density at radius 1 is 1.00 bits per heavy atom. The summed E-state index contributed by atoms with van der Waals surface area (Å²) in [4.78, 5) is 4.42.